The van der Waals surface area contributed by atoms with E-state index in [2.05, 4.69) is 5.10 Å². The van der Waals surface area contributed by atoms with Gasteiger partial charge >= 0.3 is 0 Å². The molecule has 2 fully saturated rings. The maximum absolute atomic E-state index is 13.0. The Kier molecular flexibility index (Phi) is 3.99. The molecule has 1 aromatic rings. The van der Waals surface area contributed by atoms with Crippen molar-refractivity contribution < 1.29 is 14.6 Å². The Balaban J connectivity index is 1.88. The third-order valence-corrected chi connectivity index (χ3v) is 5.20. The van der Waals surface area contributed by atoms with Gasteiger partial charge in [-0.05, 0) is 45.6 Å². The molecule has 1 aliphatic carbocycles. The van der Waals surface area contributed by atoms with Crippen molar-refractivity contribution in [3.05, 3.63) is 18.0 Å². The lowest BCUT2D eigenvalue weighted by Crippen LogP contribution is -2.53. The van der Waals surface area contributed by atoms with Crippen molar-refractivity contribution in [1.82, 2.24) is 14.7 Å². The maximum atomic E-state index is 13.0. The number of nitrogens with zero attached hydrogens (tertiary/aromatic N) is 3. The van der Waals surface area contributed by atoms with Crippen LogP contribution in [0.15, 0.2) is 12.3 Å². The molecule has 0 spiro atoms. The summed E-state index contributed by atoms with van der Waals surface area (Å²) in [7, 11) is 1.72. The van der Waals surface area contributed by atoms with E-state index in [1.807, 2.05) is 18.7 Å². The van der Waals surface area contributed by atoms with Gasteiger partial charge in [0, 0.05) is 25.9 Å². The number of amides is 1. The van der Waals surface area contributed by atoms with Crippen LogP contribution in [0.5, 0.6) is 0 Å². The van der Waals surface area contributed by atoms with E-state index >= 15 is 0 Å². The number of fused-ring (bicyclic) bond motifs is 1. The van der Waals surface area contributed by atoms with Gasteiger partial charge in [-0.15, -0.1) is 0 Å². The first kappa shape index (κ1) is 15.5. The van der Waals surface area contributed by atoms with Crippen LogP contribution < -0.4 is 0 Å². The molecule has 1 saturated heterocycles. The number of carbonyl (C=O) groups is 1. The summed E-state index contributed by atoms with van der Waals surface area (Å²) in [4.78, 5) is 14.9. The van der Waals surface area contributed by atoms with E-state index < -0.39 is 0 Å². The van der Waals surface area contributed by atoms with Crippen molar-refractivity contribution in [2.24, 2.45) is 0 Å². The summed E-state index contributed by atoms with van der Waals surface area (Å²) in [6, 6.07) is 1.86. The first-order valence-electron chi connectivity index (χ1n) is 8.06. The van der Waals surface area contributed by atoms with Gasteiger partial charge in [0.1, 0.15) is 5.69 Å². The molecule has 2 heterocycles. The second kappa shape index (κ2) is 5.66. The standard InChI is InChI=1S/C16H25N3O3/c1-11(2)19-13(5-8-17-19)15(21)18-9-7-16(22-3)6-4-12(20)10-14(16)18/h5,8,11-12,14,20H,4,6-7,9-10H2,1-3H3/t12?,14?,16-/m1/s1. The van der Waals surface area contributed by atoms with Gasteiger partial charge in [-0.25, -0.2) is 0 Å². The molecular weight excluding hydrogens is 282 g/mol. The van der Waals surface area contributed by atoms with Gasteiger partial charge in [-0.2, -0.15) is 5.10 Å². The number of likely N-dealkylation sites (tertiary alicyclic amines) is 1. The molecule has 6 heteroatoms. The Bertz CT molecular complexity index is 557. The highest BCUT2D eigenvalue weighted by Gasteiger charge is 2.52. The fraction of sp³-hybridized carbons (Fsp3) is 0.750. The average molecular weight is 307 g/mol. The minimum Gasteiger partial charge on any atom is -0.393 e. The molecule has 122 valence electrons. The van der Waals surface area contributed by atoms with Gasteiger partial charge in [-0.3, -0.25) is 9.48 Å². The number of hydrogen-bond donors (Lipinski definition) is 1. The topological polar surface area (TPSA) is 67.6 Å². The van der Waals surface area contributed by atoms with E-state index in [9.17, 15) is 9.90 Å². The smallest absolute Gasteiger partial charge is 0.272 e. The molecule has 2 unspecified atom stereocenters. The number of methoxy groups -OCH3 is 1. The molecule has 3 atom stereocenters. The average Bonchev–Trinajstić information content (AvgIpc) is 3.11. The normalized spacial score (nSPS) is 31.6. The summed E-state index contributed by atoms with van der Waals surface area (Å²) in [5.74, 6) is -0.00998. The zero-order valence-electron chi connectivity index (χ0n) is 13.5. The molecule has 6 nitrogen and oxygen atoms in total. The van der Waals surface area contributed by atoms with Crippen LogP contribution in [0.1, 0.15) is 56.1 Å². The number of ether oxygens (including phenoxy) is 1. The fourth-order valence-corrected chi connectivity index (χ4v) is 3.96. The Morgan fingerprint density at radius 2 is 2.27 bits per heavy atom. The van der Waals surface area contributed by atoms with Crippen LogP contribution in [0.4, 0.5) is 0 Å². The second-order valence-electron chi connectivity index (χ2n) is 6.72. The van der Waals surface area contributed by atoms with Gasteiger partial charge < -0.3 is 14.7 Å². The van der Waals surface area contributed by atoms with Crippen molar-refractivity contribution in [1.29, 1.82) is 0 Å². The van der Waals surface area contributed by atoms with Crippen LogP contribution in [0.3, 0.4) is 0 Å². The minimum atomic E-state index is -0.350. The molecule has 1 aliphatic heterocycles. The number of aliphatic hydroxyl groups excluding tert-OH is 1. The Morgan fingerprint density at radius 3 is 2.95 bits per heavy atom. The van der Waals surface area contributed by atoms with E-state index in [0.717, 1.165) is 19.3 Å². The van der Waals surface area contributed by atoms with Gasteiger partial charge in [0.25, 0.3) is 5.91 Å². The zero-order chi connectivity index (χ0) is 15.9. The number of carbonyl (C=O) groups excluding carboxylic acids is 1. The predicted octanol–water partition coefficient (Wildman–Crippen LogP) is 1.61. The van der Waals surface area contributed by atoms with E-state index in [-0.39, 0.29) is 29.7 Å². The van der Waals surface area contributed by atoms with Crippen LogP contribution in [0, 0.1) is 0 Å². The zero-order valence-corrected chi connectivity index (χ0v) is 13.5. The van der Waals surface area contributed by atoms with E-state index in [1.54, 1.807) is 24.1 Å². The molecule has 1 N–H and O–H groups in total. The number of aromatic nitrogens is 2. The van der Waals surface area contributed by atoms with Gasteiger partial charge in [0.15, 0.2) is 0 Å². The monoisotopic (exact) mass is 307 g/mol. The third kappa shape index (κ3) is 2.34. The quantitative estimate of drug-likeness (QED) is 0.921. The largest absolute Gasteiger partial charge is 0.393 e. The summed E-state index contributed by atoms with van der Waals surface area (Å²) in [5.41, 5.74) is 0.319. The first-order chi connectivity index (χ1) is 10.5. The summed E-state index contributed by atoms with van der Waals surface area (Å²) in [6.07, 6.45) is 4.30. The van der Waals surface area contributed by atoms with Gasteiger partial charge in [0.2, 0.25) is 0 Å². The SMILES string of the molecule is CO[C@@]12CCC(O)CC1N(C(=O)c1ccnn1C(C)C)CC2. The van der Waals surface area contributed by atoms with E-state index in [0.29, 0.717) is 18.7 Å². The first-order valence-corrected chi connectivity index (χ1v) is 8.06. The van der Waals surface area contributed by atoms with E-state index in [1.165, 1.54) is 0 Å². The summed E-state index contributed by atoms with van der Waals surface area (Å²) < 4.78 is 7.56. The van der Waals surface area contributed by atoms with Crippen molar-refractivity contribution >= 4 is 5.91 Å². The molecule has 1 amide bonds. The second-order valence-corrected chi connectivity index (χ2v) is 6.72. The van der Waals surface area contributed by atoms with Crippen LogP contribution in [0.25, 0.3) is 0 Å². The Hall–Kier alpha value is -1.40. The highest BCUT2D eigenvalue weighted by atomic mass is 16.5. The Labute approximate surface area is 131 Å². The molecule has 3 rings (SSSR count). The molecule has 1 aromatic heterocycles. The fourth-order valence-electron chi connectivity index (χ4n) is 3.96. The predicted molar refractivity (Wildman–Crippen MR) is 81.7 cm³/mol. The van der Waals surface area contributed by atoms with E-state index in [4.69, 9.17) is 4.74 Å². The molecule has 0 radical (unpaired) electrons. The molecule has 0 aromatic carbocycles. The molecule has 2 aliphatic rings. The third-order valence-electron chi connectivity index (χ3n) is 5.20. The van der Waals surface area contributed by atoms with Crippen molar-refractivity contribution in [2.45, 2.75) is 63.3 Å². The van der Waals surface area contributed by atoms with Crippen LogP contribution >= 0.6 is 0 Å². The lowest BCUT2D eigenvalue weighted by molar-refractivity contribution is -0.0825. The number of rotatable bonds is 3. The highest BCUT2D eigenvalue weighted by molar-refractivity contribution is 5.93. The van der Waals surface area contributed by atoms with Gasteiger partial charge in [-0.1, -0.05) is 0 Å². The molecule has 22 heavy (non-hydrogen) atoms. The molecule has 0 bridgehead atoms. The van der Waals surface area contributed by atoms with Crippen LogP contribution in [0.2, 0.25) is 0 Å². The summed E-state index contributed by atoms with van der Waals surface area (Å²) >= 11 is 0. The Morgan fingerprint density at radius 1 is 1.50 bits per heavy atom. The highest BCUT2D eigenvalue weighted by Crippen LogP contribution is 2.42. The lowest BCUT2D eigenvalue weighted by Gasteiger charge is -2.42. The summed E-state index contributed by atoms with van der Waals surface area (Å²) in [6.45, 7) is 4.70. The molecular formula is C16H25N3O3. The van der Waals surface area contributed by atoms with Crippen molar-refractivity contribution in [3.8, 4) is 0 Å². The van der Waals surface area contributed by atoms with Crippen molar-refractivity contribution in [3.63, 3.8) is 0 Å². The number of hydrogen-bond acceptors (Lipinski definition) is 4. The summed E-state index contributed by atoms with van der Waals surface area (Å²) in [5, 5.41) is 14.3. The van der Waals surface area contributed by atoms with Gasteiger partial charge in [0.05, 0.1) is 17.7 Å². The van der Waals surface area contributed by atoms with Crippen molar-refractivity contribution in [2.75, 3.05) is 13.7 Å². The molecule has 1 saturated carbocycles. The number of aliphatic hydroxyl groups is 1. The van der Waals surface area contributed by atoms with Crippen LogP contribution in [-0.2, 0) is 4.74 Å². The van der Waals surface area contributed by atoms with Crippen LogP contribution in [-0.4, -0.2) is 57.1 Å². The lowest BCUT2D eigenvalue weighted by atomic mass is 9.79. The minimum absolute atomic E-state index is 0.00998. The maximum Gasteiger partial charge on any atom is 0.272 e.